The van der Waals surface area contributed by atoms with Gasteiger partial charge in [-0.3, -0.25) is 19.2 Å². The van der Waals surface area contributed by atoms with E-state index in [0.717, 1.165) is 18.4 Å². The molecule has 2 unspecified atom stereocenters. The van der Waals surface area contributed by atoms with Crippen LogP contribution in [0.3, 0.4) is 0 Å². The van der Waals surface area contributed by atoms with Crippen LogP contribution in [-0.2, 0) is 20.7 Å². The summed E-state index contributed by atoms with van der Waals surface area (Å²) in [6.45, 7) is 4.47. The molecular weight excluding hydrogens is 386 g/mol. The second-order valence-corrected chi connectivity index (χ2v) is 8.55. The number of benzene rings is 1. The fraction of sp³-hybridized carbons (Fsp3) is 0.556. The SMILES string of the molecule is CNSC(=O)N(CCCC(C)C)C(=O)C1(c2ccccc2)CC1N=S(=O)=O. The van der Waals surface area contributed by atoms with Crippen LogP contribution < -0.4 is 4.72 Å². The molecule has 9 heteroatoms. The van der Waals surface area contributed by atoms with Gasteiger partial charge in [-0.05, 0) is 37.8 Å². The first-order valence-electron chi connectivity index (χ1n) is 8.88. The van der Waals surface area contributed by atoms with Gasteiger partial charge in [-0.25, -0.2) is 0 Å². The predicted octanol–water partition coefficient (Wildman–Crippen LogP) is 3.01. The Morgan fingerprint density at radius 1 is 1.33 bits per heavy atom. The molecule has 2 rings (SSSR count). The van der Waals surface area contributed by atoms with E-state index in [1.165, 1.54) is 4.90 Å². The largest absolute Gasteiger partial charge is 0.311 e. The van der Waals surface area contributed by atoms with Gasteiger partial charge in [0.05, 0.1) is 6.04 Å². The van der Waals surface area contributed by atoms with Gasteiger partial charge in [0.25, 0.3) is 0 Å². The second kappa shape index (κ2) is 9.48. The molecule has 148 valence electrons. The van der Waals surface area contributed by atoms with Crippen LogP contribution in [0, 0.1) is 5.92 Å². The lowest BCUT2D eigenvalue weighted by Gasteiger charge is -2.26. The number of hydrogen-bond donors (Lipinski definition) is 1. The van der Waals surface area contributed by atoms with E-state index in [9.17, 15) is 18.0 Å². The van der Waals surface area contributed by atoms with Crippen LogP contribution in [0.5, 0.6) is 0 Å². The van der Waals surface area contributed by atoms with Crippen LogP contribution in [-0.4, -0.2) is 44.1 Å². The highest BCUT2D eigenvalue weighted by Gasteiger charge is 2.64. The van der Waals surface area contributed by atoms with Crippen molar-refractivity contribution in [3.8, 4) is 0 Å². The Bertz CT molecular complexity index is 803. The maximum absolute atomic E-state index is 13.4. The lowest BCUT2D eigenvalue weighted by atomic mass is 9.93. The number of hydrogen-bond acceptors (Lipinski definition) is 7. The molecule has 0 aliphatic heterocycles. The van der Waals surface area contributed by atoms with E-state index < -0.39 is 27.2 Å². The zero-order valence-electron chi connectivity index (χ0n) is 15.7. The number of carbonyl (C=O) groups is 2. The standard InChI is InChI=1S/C18H25N3O4S2/c1-13(2)8-7-11-21(17(23)26-19-3)16(22)18(12-15(18)20-27(24)25)14-9-5-4-6-10-14/h4-6,9-10,13,15,19H,7-8,11-12H2,1-3H3. The Hall–Kier alpha value is -1.71. The fourth-order valence-electron chi connectivity index (χ4n) is 3.19. The molecule has 0 bridgehead atoms. The van der Waals surface area contributed by atoms with Crippen LogP contribution in [0.25, 0.3) is 0 Å². The average Bonchev–Trinajstić information content (AvgIpc) is 3.33. The van der Waals surface area contributed by atoms with Crippen molar-refractivity contribution in [3.05, 3.63) is 35.9 Å². The zero-order valence-corrected chi connectivity index (χ0v) is 17.3. The van der Waals surface area contributed by atoms with Crippen LogP contribution in [0.1, 0.15) is 38.7 Å². The molecule has 27 heavy (non-hydrogen) atoms. The maximum atomic E-state index is 13.4. The summed E-state index contributed by atoms with van der Waals surface area (Å²) >= 11 is 0.845. The topological polar surface area (TPSA) is 95.9 Å². The number of rotatable bonds is 8. The monoisotopic (exact) mass is 411 g/mol. The molecule has 0 radical (unpaired) electrons. The van der Waals surface area contributed by atoms with Crippen molar-refractivity contribution in [3.63, 3.8) is 0 Å². The molecule has 1 aliphatic carbocycles. The highest BCUT2D eigenvalue weighted by molar-refractivity contribution is 8.11. The molecule has 0 aromatic heterocycles. The minimum absolute atomic E-state index is 0.280. The molecule has 1 aromatic carbocycles. The molecule has 1 aliphatic rings. The highest BCUT2D eigenvalue weighted by Crippen LogP contribution is 2.52. The molecule has 1 fully saturated rings. The number of amides is 2. The minimum Gasteiger partial charge on any atom is -0.273 e. The summed E-state index contributed by atoms with van der Waals surface area (Å²) in [5, 5.41) is -0.393. The molecule has 0 saturated heterocycles. The van der Waals surface area contributed by atoms with Gasteiger partial charge in [0.2, 0.25) is 5.91 Å². The summed E-state index contributed by atoms with van der Waals surface area (Å²) < 4.78 is 28.5. The van der Waals surface area contributed by atoms with Crippen LogP contribution >= 0.6 is 11.9 Å². The van der Waals surface area contributed by atoms with Crippen molar-refractivity contribution in [2.24, 2.45) is 10.3 Å². The molecule has 1 saturated carbocycles. The smallest absolute Gasteiger partial charge is 0.273 e. The third-order valence-corrected chi connectivity index (χ3v) is 5.65. The fourth-order valence-corrected chi connectivity index (χ4v) is 4.11. The predicted molar refractivity (Wildman–Crippen MR) is 106 cm³/mol. The van der Waals surface area contributed by atoms with Gasteiger partial charge in [-0.2, -0.15) is 12.8 Å². The molecule has 2 atom stereocenters. The number of carbonyl (C=O) groups excluding carboxylic acids is 2. The summed E-state index contributed by atoms with van der Waals surface area (Å²) in [5.41, 5.74) is -0.409. The Labute approximate surface area is 165 Å². The van der Waals surface area contributed by atoms with Crippen molar-refractivity contribution in [1.82, 2.24) is 9.62 Å². The Morgan fingerprint density at radius 3 is 2.56 bits per heavy atom. The first-order chi connectivity index (χ1) is 12.8. The molecule has 2 amide bonds. The highest BCUT2D eigenvalue weighted by atomic mass is 32.2. The summed E-state index contributed by atoms with van der Waals surface area (Å²) in [6.07, 6.45) is 1.86. The van der Waals surface area contributed by atoms with Gasteiger partial charge in [0, 0.05) is 18.5 Å². The lowest BCUT2D eigenvalue weighted by Crippen LogP contribution is -2.44. The normalized spacial score (nSPS) is 21.0. The average molecular weight is 412 g/mol. The molecule has 7 nitrogen and oxygen atoms in total. The molecule has 1 N–H and O–H groups in total. The molecule has 0 spiro atoms. The summed E-state index contributed by atoms with van der Waals surface area (Å²) in [6, 6.07) is 8.30. The molecule has 0 heterocycles. The summed E-state index contributed by atoms with van der Waals surface area (Å²) in [4.78, 5) is 27.2. The van der Waals surface area contributed by atoms with E-state index in [4.69, 9.17) is 0 Å². The van der Waals surface area contributed by atoms with Gasteiger partial charge in [0.1, 0.15) is 5.41 Å². The van der Waals surface area contributed by atoms with Crippen LogP contribution in [0.2, 0.25) is 0 Å². The number of imide groups is 1. The number of nitrogens with zero attached hydrogens (tertiary/aromatic N) is 2. The minimum atomic E-state index is -2.61. The van der Waals surface area contributed by atoms with Crippen molar-refractivity contribution in [2.75, 3.05) is 13.6 Å². The van der Waals surface area contributed by atoms with E-state index >= 15 is 0 Å². The first kappa shape index (κ1) is 21.6. The van der Waals surface area contributed by atoms with Gasteiger partial charge in [-0.15, -0.1) is 0 Å². The third kappa shape index (κ3) is 5.18. The van der Waals surface area contributed by atoms with Crippen LogP contribution in [0.4, 0.5) is 4.79 Å². The second-order valence-electron chi connectivity index (χ2n) is 6.94. The van der Waals surface area contributed by atoms with Crippen molar-refractivity contribution >= 4 is 33.6 Å². The van der Waals surface area contributed by atoms with Gasteiger partial charge in [-0.1, -0.05) is 44.2 Å². The Kier molecular flexibility index (Phi) is 7.58. The van der Waals surface area contributed by atoms with E-state index in [1.807, 2.05) is 6.07 Å². The molecular formula is C18H25N3O4S2. The van der Waals surface area contributed by atoms with Gasteiger partial charge < -0.3 is 0 Å². The Balaban J connectivity index is 2.35. The van der Waals surface area contributed by atoms with E-state index in [1.54, 1.807) is 31.3 Å². The van der Waals surface area contributed by atoms with Crippen molar-refractivity contribution in [2.45, 2.75) is 44.6 Å². The Morgan fingerprint density at radius 2 is 2.00 bits per heavy atom. The van der Waals surface area contributed by atoms with Gasteiger partial charge >= 0.3 is 15.7 Å². The zero-order chi connectivity index (χ0) is 20.0. The van der Waals surface area contributed by atoms with Crippen molar-refractivity contribution in [1.29, 1.82) is 0 Å². The van der Waals surface area contributed by atoms with Crippen LogP contribution in [0.15, 0.2) is 34.7 Å². The van der Waals surface area contributed by atoms with E-state index in [2.05, 4.69) is 22.9 Å². The van der Waals surface area contributed by atoms with E-state index in [0.29, 0.717) is 24.4 Å². The third-order valence-electron chi connectivity index (χ3n) is 4.63. The summed E-state index contributed by atoms with van der Waals surface area (Å²) in [5.74, 6) is 0.0769. The quantitative estimate of drug-likeness (QED) is 0.661. The number of nitrogens with one attached hydrogen (secondary N) is 1. The summed E-state index contributed by atoms with van der Waals surface area (Å²) in [7, 11) is -0.994. The van der Waals surface area contributed by atoms with E-state index in [-0.39, 0.29) is 12.3 Å². The van der Waals surface area contributed by atoms with Gasteiger partial charge in [0.15, 0.2) is 0 Å². The first-order valence-corrected chi connectivity index (χ1v) is 10.7. The molecule has 1 aromatic rings. The van der Waals surface area contributed by atoms with Crippen molar-refractivity contribution < 1.29 is 18.0 Å². The maximum Gasteiger partial charge on any atom is 0.311 e. The lowest BCUT2D eigenvalue weighted by molar-refractivity contribution is -0.130.